The summed E-state index contributed by atoms with van der Waals surface area (Å²) in [6, 6.07) is 0.776. The van der Waals surface area contributed by atoms with Gasteiger partial charge in [0, 0.05) is 6.04 Å². The summed E-state index contributed by atoms with van der Waals surface area (Å²) in [5.41, 5.74) is 0. The fourth-order valence-corrected chi connectivity index (χ4v) is 2.24. The normalized spacial score (nSPS) is 34.4. The predicted molar refractivity (Wildman–Crippen MR) is 59.0 cm³/mol. The first-order valence-corrected chi connectivity index (χ1v) is 5.92. The largest absolute Gasteiger partial charge is 0.303 e. The molecule has 0 bridgehead atoms. The van der Waals surface area contributed by atoms with Crippen molar-refractivity contribution in [1.29, 1.82) is 0 Å². The van der Waals surface area contributed by atoms with Gasteiger partial charge in [-0.25, -0.2) is 0 Å². The quantitative estimate of drug-likeness (QED) is 0.557. The predicted octanol–water partition coefficient (Wildman–Crippen LogP) is 3.30. The van der Waals surface area contributed by atoms with Gasteiger partial charge in [-0.15, -0.1) is 0 Å². The summed E-state index contributed by atoms with van der Waals surface area (Å²) >= 11 is 0. The summed E-state index contributed by atoms with van der Waals surface area (Å²) in [6.07, 6.45) is 8.61. The van der Waals surface area contributed by atoms with Crippen LogP contribution in [0.3, 0.4) is 0 Å². The lowest BCUT2D eigenvalue weighted by Crippen LogP contribution is -2.35. The molecule has 1 nitrogen and oxygen atoms in total. The van der Waals surface area contributed by atoms with Crippen LogP contribution in [0.5, 0.6) is 0 Å². The molecule has 2 atom stereocenters. The molecule has 1 heteroatoms. The maximum absolute atomic E-state index is 2.54. The van der Waals surface area contributed by atoms with Gasteiger partial charge in [0.15, 0.2) is 0 Å². The SMILES string of the molecule is CC1CCCCCCCN(C)C1C. The molecule has 1 rings (SSSR count). The maximum atomic E-state index is 2.54. The fraction of sp³-hybridized carbons (Fsp3) is 1.00. The minimum atomic E-state index is 0.776. The Labute approximate surface area is 83.5 Å². The molecular formula is C12H25N. The van der Waals surface area contributed by atoms with Crippen LogP contribution >= 0.6 is 0 Å². The number of hydrogen-bond donors (Lipinski definition) is 0. The fourth-order valence-electron chi connectivity index (χ4n) is 2.24. The number of rotatable bonds is 0. The second-order valence-electron chi connectivity index (χ2n) is 4.75. The third-order valence-corrected chi connectivity index (χ3v) is 3.69. The van der Waals surface area contributed by atoms with Crippen molar-refractivity contribution in [3.05, 3.63) is 0 Å². The van der Waals surface area contributed by atoms with Gasteiger partial charge in [0.05, 0.1) is 0 Å². The Morgan fingerprint density at radius 3 is 2.31 bits per heavy atom. The average Bonchev–Trinajstić information content (AvgIpc) is 2.13. The lowest BCUT2D eigenvalue weighted by molar-refractivity contribution is 0.181. The zero-order valence-corrected chi connectivity index (χ0v) is 9.55. The smallest absolute Gasteiger partial charge is 0.00895 e. The molecule has 2 unspecified atom stereocenters. The summed E-state index contributed by atoms with van der Waals surface area (Å²) < 4.78 is 0. The highest BCUT2D eigenvalue weighted by molar-refractivity contribution is 4.71. The van der Waals surface area contributed by atoms with Gasteiger partial charge in [-0.3, -0.25) is 0 Å². The van der Waals surface area contributed by atoms with Crippen LogP contribution in [-0.2, 0) is 0 Å². The van der Waals surface area contributed by atoms with E-state index in [1.807, 2.05) is 0 Å². The van der Waals surface area contributed by atoms with Crippen LogP contribution in [0.25, 0.3) is 0 Å². The van der Waals surface area contributed by atoms with Crippen LogP contribution in [0.15, 0.2) is 0 Å². The van der Waals surface area contributed by atoms with Crippen LogP contribution < -0.4 is 0 Å². The second kappa shape index (κ2) is 5.64. The minimum Gasteiger partial charge on any atom is -0.303 e. The Balaban J connectivity index is 2.40. The van der Waals surface area contributed by atoms with Crippen molar-refractivity contribution in [2.24, 2.45) is 5.92 Å². The molecule has 0 N–H and O–H groups in total. The van der Waals surface area contributed by atoms with E-state index in [0.717, 1.165) is 12.0 Å². The number of nitrogens with zero attached hydrogens (tertiary/aromatic N) is 1. The first kappa shape index (κ1) is 11.0. The maximum Gasteiger partial charge on any atom is 0.00895 e. The highest BCUT2D eigenvalue weighted by Gasteiger charge is 2.16. The van der Waals surface area contributed by atoms with E-state index >= 15 is 0 Å². The Bertz CT molecular complexity index is 119. The van der Waals surface area contributed by atoms with Gasteiger partial charge in [0.25, 0.3) is 0 Å². The van der Waals surface area contributed by atoms with Crippen molar-refractivity contribution in [2.75, 3.05) is 13.6 Å². The molecule has 13 heavy (non-hydrogen) atoms. The van der Waals surface area contributed by atoms with E-state index in [2.05, 4.69) is 25.8 Å². The van der Waals surface area contributed by atoms with E-state index in [1.54, 1.807) is 0 Å². The van der Waals surface area contributed by atoms with E-state index in [0.29, 0.717) is 0 Å². The average molecular weight is 183 g/mol. The lowest BCUT2D eigenvalue weighted by atomic mass is 9.94. The third-order valence-electron chi connectivity index (χ3n) is 3.69. The summed E-state index contributed by atoms with van der Waals surface area (Å²) in [7, 11) is 2.28. The van der Waals surface area contributed by atoms with Crippen LogP contribution in [-0.4, -0.2) is 24.5 Å². The lowest BCUT2D eigenvalue weighted by Gasteiger charge is -2.30. The van der Waals surface area contributed by atoms with Crippen molar-refractivity contribution in [2.45, 2.75) is 58.4 Å². The van der Waals surface area contributed by atoms with Gasteiger partial charge < -0.3 is 4.90 Å². The van der Waals surface area contributed by atoms with Crippen molar-refractivity contribution >= 4 is 0 Å². The van der Waals surface area contributed by atoms with E-state index in [1.165, 1.54) is 45.1 Å². The molecular weight excluding hydrogens is 158 g/mol. The Hall–Kier alpha value is -0.0400. The summed E-state index contributed by atoms with van der Waals surface area (Å²) in [5.74, 6) is 0.878. The van der Waals surface area contributed by atoms with Crippen LogP contribution in [0.2, 0.25) is 0 Å². The van der Waals surface area contributed by atoms with Crippen LogP contribution in [0, 0.1) is 5.92 Å². The van der Waals surface area contributed by atoms with Crippen LogP contribution in [0.1, 0.15) is 52.4 Å². The first-order valence-electron chi connectivity index (χ1n) is 5.92. The molecule has 0 aromatic rings. The highest BCUT2D eigenvalue weighted by atomic mass is 15.1. The molecule has 0 saturated carbocycles. The van der Waals surface area contributed by atoms with Gasteiger partial charge in [-0.1, -0.05) is 32.6 Å². The molecule has 0 amide bonds. The molecule has 0 spiro atoms. The Kier molecular flexibility index (Phi) is 4.79. The molecule has 0 aromatic heterocycles. The molecule has 78 valence electrons. The minimum absolute atomic E-state index is 0.776. The second-order valence-corrected chi connectivity index (χ2v) is 4.75. The highest BCUT2D eigenvalue weighted by Crippen LogP contribution is 2.19. The Morgan fingerprint density at radius 1 is 0.923 bits per heavy atom. The molecule has 1 heterocycles. The third kappa shape index (κ3) is 3.68. The van der Waals surface area contributed by atoms with Crippen LogP contribution in [0.4, 0.5) is 0 Å². The topological polar surface area (TPSA) is 3.24 Å². The molecule has 1 saturated heterocycles. The van der Waals surface area contributed by atoms with Crippen molar-refractivity contribution in [1.82, 2.24) is 4.90 Å². The molecule has 1 aliphatic heterocycles. The Morgan fingerprint density at radius 2 is 1.54 bits per heavy atom. The van der Waals surface area contributed by atoms with E-state index in [4.69, 9.17) is 0 Å². The first-order chi connectivity index (χ1) is 6.22. The van der Waals surface area contributed by atoms with Gasteiger partial charge in [-0.2, -0.15) is 0 Å². The van der Waals surface area contributed by atoms with Gasteiger partial charge in [-0.05, 0) is 39.3 Å². The molecule has 1 aliphatic rings. The molecule has 0 radical (unpaired) electrons. The van der Waals surface area contributed by atoms with Crippen molar-refractivity contribution < 1.29 is 0 Å². The van der Waals surface area contributed by atoms with Crippen molar-refractivity contribution in [3.63, 3.8) is 0 Å². The summed E-state index contributed by atoms with van der Waals surface area (Å²) in [4.78, 5) is 2.54. The van der Waals surface area contributed by atoms with E-state index in [9.17, 15) is 0 Å². The van der Waals surface area contributed by atoms with E-state index in [-0.39, 0.29) is 0 Å². The summed E-state index contributed by atoms with van der Waals surface area (Å²) in [5, 5.41) is 0. The monoisotopic (exact) mass is 183 g/mol. The molecule has 1 fully saturated rings. The van der Waals surface area contributed by atoms with Gasteiger partial charge >= 0.3 is 0 Å². The zero-order valence-electron chi connectivity index (χ0n) is 9.55. The molecule has 0 aromatic carbocycles. The number of hydrogen-bond acceptors (Lipinski definition) is 1. The van der Waals surface area contributed by atoms with Crippen molar-refractivity contribution in [3.8, 4) is 0 Å². The van der Waals surface area contributed by atoms with E-state index < -0.39 is 0 Å². The van der Waals surface area contributed by atoms with Gasteiger partial charge in [0.2, 0.25) is 0 Å². The summed E-state index contributed by atoms with van der Waals surface area (Å²) in [6.45, 7) is 6.08. The standard InChI is InChI=1S/C12H25N/c1-11-9-7-5-4-6-8-10-13(3)12(11)2/h11-12H,4-10H2,1-3H3. The molecule has 0 aliphatic carbocycles. The zero-order chi connectivity index (χ0) is 9.68. The van der Waals surface area contributed by atoms with Gasteiger partial charge in [0.1, 0.15) is 0 Å².